The van der Waals surface area contributed by atoms with Crippen LogP contribution < -0.4 is 5.32 Å². The summed E-state index contributed by atoms with van der Waals surface area (Å²) < 4.78 is 5.17. The first-order chi connectivity index (χ1) is 11.7. The van der Waals surface area contributed by atoms with Crippen LogP contribution in [0.2, 0.25) is 0 Å². The number of nitrogens with zero attached hydrogens (tertiary/aromatic N) is 3. The highest BCUT2D eigenvalue weighted by Crippen LogP contribution is 2.23. The fraction of sp³-hybridized carbons (Fsp3) is 0.0588. The number of hydrogen-bond donors (Lipinski definition) is 2. The van der Waals surface area contributed by atoms with Crippen molar-refractivity contribution in [2.24, 2.45) is 0 Å². The quantitative estimate of drug-likeness (QED) is 0.604. The van der Waals surface area contributed by atoms with E-state index < -0.39 is 0 Å². The molecule has 0 atom stereocenters. The maximum atomic E-state index is 12.6. The molecule has 2 heterocycles. The average molecular weight is 319 g/mol. The Morgan fingerprint density at radius 3 is 2.67 bits per heavy atom. The normalized spacial score (nSPS) is 10.9. The van der Waals surface area contributed by atoms with E-state index in [1.54, 1.807) is 25.1 Å². The number of aryl methyl sites for hydroxylation is 1. The number of rotatable bonds is 3. The van der Waals surface area contributed by atoms with Gasteiger partial charge in [-0.25, -0.2) is 4.98 Å². The molecule has 1 amide bonds. The maximum absolute atomic E-state index is 12.6. The van der Waals surface area contributed by atoms with Gasteiger partial charge in [-0.15, -0.1) is 0 Å². The van der Waals surface area contributed by atoms with Gasteiger partial charge in [0.1, 0.15) is 0 Å². The third-order valence-corrected chi connectivity index (χ3v) is 3.55. The molecule has 2 aromatic heterocycles. The smallest absolute Gasteiger partial charge is 0.258 e. The number of carbonyl (C=O) groups is 1. The number of carbonyl (C=O) groups excluding carboxylic acids is 1. The molecule has 7 nitrogen and oxygen atoms in total. The fourth-order valence-corrected chi connectivity index (χ4v) is 2.46. The van der Waals surface area contributed by atoms with Gasteiger partial charge in [0.15, 0.2) is 5.82 Å². The highest BCUT2D eigenvalue weighted by Gasteiger charge is 2.17. The largest absolute Gasteiger partial charge is 0.334 e. The number of benzene rings is 2. The summed E-state index contributed by atoms with van der Waals surface area (Å²) in [5.74, 6) is 0.901. The van der Waals surface area contributed by atoms with Gasteiger partial charge in [-0.05, 0) is 31.2 Å². The standard InChI is InChI=1S/C17H13N5O2/c1-10-18-16(24-22-10)12-7-3-2-6-11(12)15(23)21-17-19-13-8-4-5-9-14(13)20-17/h2-9H,1H3,(H2,19,20,21,23). The van der Waals surface area contributed by atoms with E-state index in [1.165, 1.54) is 0 Å². The first-order valence-electron chi connectivity index (χ1n) is 7.36. The van der Waals surface area contributed by atoms with Gasteiger partial charge < -0.3 is 9.51 Å². The predicted molar refractivity (Wildman–Crippen MR) is 88.5 cm³/mol. The number of anilines is 1. The number of para-hydroxylation sites is 2. The summed E-state index contributed by atoms with van der Waals surface area (Å²) >= 11 is 0. The molecular weight excluding hydrogens is 306 g/mol. The van der Waals surface area contributed by atoms with Crippen molar-refractivity contribution in [3.05, 3.63) is 59.9 Å². The Bertz CT molecular complexity index is 1000. The molecule has 0 fully saturated rings. The van der Waals surface area contributed by atoms with Crippen LogP contribution in [0.5, 0.6) is 0 Å². The second-order valence-corrected chi connectivity index (χ2v) is 5.25. The van der Waals surface area contributed by atoms with Gasteiger partial charge in [0.25, 0.3) is 11.8 Å². The number of hydrogen-bond acceptors (Lipinski definition) is 5. The number of fused-ring (bicyclic) bond motifs is 1. The predicted octanol–water partition coefficient (Wildman–Crippen LogP) is 3.17. The molecule has 7 heteroatoms. The molecule has 0 radical (unpaired) electrons. The Morgan fingerprint density at radius 2 is 1.88 bits per heavy atom. The summed E-state index contributed by atoms with van der Waals surface area (Å²) in [7, 11) is 0. The number of amides is 1. The van der Waals surface area contributed by atoms with Crippen molar-refractivity contribution in [2.75, 3.05) is 5.32 Å². The van der Waals surface area contributed by atoms with Crippen molar-refractivity contribution in [1.82, 2.24) is 20.1 Å². The molecule has 4 rings (SSSR count). The molecule has 118 valence electrons. The fourth-order valence-electron chi connectivity index (χ4n) is 2.46. The van der Waals surface area contributed by atoms with Crippen LogP contribution in [0.3, 0.4) is 0 Å². The molecule has 0 bridgehead atoms. The minimum atomic E-state index is -0.305. The summed E-state index contributed by atoms with van der Waals surface area (Å²) in [5, 5.41) is 6.54. The van der Waals surface area contributed by atoms with Crippen molar-refractivity contribution in [3.63, 3.8) is 0 Å². The number of aromatic nitrogens is 4. The molecule has 2 N–H and O–H groups in total. The molecule has 0 spiro atoms. The molecule has 0 unspecified atom stereocenters. The van der Waals surface area contributed by atoms with Crippen LogP contribution in [0.25, 0.3) is 22.5 Å². The number of nitrogens with one attached hydrogen (secondary N) is 2. The van der Waals surface area contributed by atoms with Crippen LogP contribution in [0.15, 0.2) is 53.1 Å². The van der Waals surface area contributed by atoms with Gasteiger partial charge in [-0.3, -0.25) is 10.1 Å². The Morgan fingerprint density at radius 1 is 1.08 bits per heavy atom. The molecule has 0 aliphatic heterocycles. The van der Waals surface area contributed by atoms with E-state index >= 15 is 0 Å². The van der Waals surface area contributed by atoms with Gasteiger partial charge >= 0.3 is 0 Å². The van der Waals surface area contributed by atoms with E-state index in [-0.39, 0.29) is 5.91 Å². The zero-order chi connectivity index (χ0) is 16.5. The monoisotopic (exact) mass is 319 g/mol. The van der Waals surface area contributed by atoms with Crippen LogP contribution in [0.1, 0.15) is 16.2 Å². The van der Waals surface area contributed by atoms with E-state index in [0.29, 0.717) is 28.8 Å². The van der Waals surface area contributed by atoms with Crippen LogP contribution in [0.4, 0.5) is 5.95 Å². The van der Waals surface area contributed by atoms with E-state index in [9.17, 15) is 4.79 Å². The second kappa shape index (κ2) is 5.62. The van der Waals surface area contributed by atoms with Crippen molar-refractivity contribution in [2.45, 2.75) is 6.92 Å². The highest BCUT2D eigenvalue weighted by atomic mass is 16.5. The lowest BCUT2D eigenvalue weighted by Gasteiger charge is -2.05. The van der Waals surface area contributed by atoms with Crippen LogP contribution >= 0.6 is 0 Å². The Labute approximate surface area is 136 Å². The van der Waals surface area contributed by atoms with Crippen molar-refractivity contribution in [3.8, 4) is 11.5 Å². The Hall–Kier alpha value is -3.48. The molecule has 0 saturated heterocycles. The van der Waals surface area contributed by atoms with Gasteiger partial charge in [-0.2, -0.15) is 4.98 Å². The number of imidazole rings is 1. The number of H-pyrrole nitrogens is 1. The highest BCUT2D eigenvalue weighted by molar-refractivity contribution is 6.07. The van der Waals surface area contributed by atoms with Gasteiger partial charge in [0.2, 0.25) is 5.95 Å². The summed E-state index contributed by atoms with van der Waals surface area (Å²) in [4.78, 5) is 24.2. The average Bonchev–Trinajstić information content (AvgIpc) is 3.20. The minimum absolute atomic E-state index is 0.305. The molecule has 0 aliphatic carbocycles. The summed E-state index contributed by atoms with van der Waals surface area (Å²) in [6.07, 6.45) is 0. The molecular formula is C17H13N5O2. The van der Waals surface area contributed by atoms with Crippen molar-refractivity contribution in [1.29, 1.82) is 0 Å². The zero-order valence-electron chi connectivity index (χ0n) is 12.8. The number of aromatic amines is 1. The lowest BCUT2D eigenvalue weighted by Crippen LogP contribution is -2.14. The Balaban J connectivity index is 1.67. The third-order valence-electron chi connectivity index (χ3n) is 3.55. The zero-order valence-corrected chi connectivity index (χ0v) is 12.8. The van der Waals surface area contributed by atoms with Crippen LogP contribution in [0, 0.1) is 6.92 Å². The first-order valence-corrected chi connectivity index (χ1v) is 7.36. The lowest BCUT2D eigenvalue weighted by atomic mass is 10.1. The van der Waals surface area contributed by atoms with Crippen molar-refractivity contribution >= 4 is 22.9 Å². The molecule has 0 saturated carbocycles. The topological polar surface area (TPSA) is 96.7 Å². The minimum Gasteiger partial charge on any atom is -0.334 e. The van der Waals surface area contributed by atoms with Gasteiger partial charge in [-0.1, -0.05) is 29.4 Å². The third kappa shape index (κ3) is 2.52. The lowest BCUT2D eigenvalue weighted by molar-refractivity contribution is 0.102. The summed E-state index contributed by atoms with van der Waals surface area (Å²) in [5.41, 5.74) is 2.65. The summed E-state index contributed by atoms with van der Waals surface area (Å²) in [6.45, 7) is 1.73. The van der Waals surface area contributed by atoms with E-state index in [0.717, 1.165) is 11.0 Å². The van der Waals surface area contributed by atoms with E-state index in [4.69, 9.17) is 4.52 Å². The first kappa shape index (κ1) is 14.1. The molecule has 2 aromatic carbocycles. The van der Waals surface area contributed by atoms with E-state index in [2.05, 4.69) is 25.4 Å². The maximum Gasteiger partial charge on any atom is 0.258 e. The van der Waals surface area contributed by atoms with Crippen LogP contribution in [-0.2, 0) is 0 Å². The van der Waals surface area contributed by atoms with E-state index in [1.807, 2.05) is 30.3 Å². The summed E-state index contributed by atoms with van der Waals surface area (Å²) in [6, 6.07) is 14.6. The second-order valence-electron chi connectivity index (χ2n) is 5.25. The van der Waals surface area contributed by atoms with Gasteiger partial charge in [0.05, 0.1) is 22.2 Å². The van der Waals surface area contributed by atoms with Crippen LogP contribution in [-0.4, -0.2) is 26.0 Å². The van der Waals surface area contributed by atoms with Gasteiger partial charge in [0, 0.05) is 0 Å². The molecule has 24 heavy (non-hydrogen) atoms. The molecule has 0 aliphatic rings. The van der Waals surface area contributed by atoms with Crippen molar-refractivity contribution < 1.29 is 9.32 Å². The Kier molecular flexibility index (Phi) is 3.31. The SMILES string of the molecule is Cc1noc(-c2ccccc2C(=O)Nc2nc3ccccc3[nH]2)n1. The molecule has 4 aromatic rings.